The molecule has 0 aromatic carbocycles. The molecule has 3 rings (SSSR count). The zero-order chi connectivity index (χ0) is 15.0. The number of furan rings is 1. The van der Waals surface area contributed by atoms with E-state index in [4.69, 9.17) is 4.42 Å². The van der Waals surface area contributed by atoms with Crippen LogP contribution in [0.15, 0.2) is 39.9 Å². The zero-order valence-corrected chi connectivity index (χ0v) is 11.7. The number of nitrogens with one attached hydrogen (secondary N) is 1. The summed E-state index contributed by atoms with van der Waals surface area (Å²) in [6.07, 6.45) is 3.22. The molecule has 0 spiro atoms. The van der Waals surface area contributed by atoms with Gasteiger partial charge in [-0.3, -0.25) is 9.59 Å². The van der Waals surface area contributed by atoms with Crippen LogP contribution in [0, 0.1) is 6.92 Å². The van der Waals surface area contributed by atoms with E-state index in [1.54, 1.807) is 38.6 Å². The number of hydrogen-bond donors (Lipinski definition) is 1. The Balaban J connectivity index is 1.91. The smallest absolute Gasteiger partial charge is 0.274 e. The van der Waals surface area contributed by atoms with Crippen LogP contribution < -0.4 is 5.56 Å². The summed E-state index contributed by atoms with van der Waals surface area (Å²) in [4.78, 5) is 28.3. The van der Waals surface area contributed by atoms with Gasteiger partial charge in [0.1, 0.15) is 11.3 Å². The van der Waals surface area contributed by atoms with Gasteiger partial charge in [0.15, 0.2) is 5.69 Å². The van der Waals surface area contributed by atoms with Crippen molar-refractivity contribution < 1.29 is 9.21 Å². The fourth-order valence-electron chi connectivity index (χ4n) is 2.13. The van der Waals surface area contributed by atoms with Gasteiger partial charge in [-0.05, 0) is 19.1 Å². The Labute approximate surface area is 119 Å². The molecule has 3 aromatic rings. The summed E-state index contributed by atoms with van der Waals surface area (Å²) in [6, 6.07) is 5.04. The highest BCUT2D eigenvalue weighted by atomic mass is 16.3. The molecule has 3 heterocycles. The summed E-state index contributed by atoms with van der Waals surface area (Å²) in [5.41, 5.74) is 0.976. The predicted molar refractivity (Wildman–Crippen MR) is 75.1 cm³/mol. The lowest BCUT2D eigenvalue weighted by Crippen LogP contribution is -2.26. The van der Waals surface area contributed by atoms with Crippen molar-refractivity contribution in [1.82, 2.24) is 19.5 Å². The van der Waals surface area contributed by atoms with E-state index in [1.165, 1.54) is 15.5 Å². The molecule has 21 heavy (non-hydrogen) atoms. The molecule has 0 bridgehead atoms. The van der Waals surface area contributed by atoms with E-state index in [-0.39, 0.29) is 17.2 Å². The second-order valence-electron chi connectivity index (χ2n) is 4.87. The maximum absolute atomic E-state index is 12.3. The molecule has 0 atom stereocenters. The fraction of sp³-hybridized carbons (Fsp3) is 0.214. The summed E-state index contributed by atoms with van der Waals surface area (Å²) in [7, 11) is 1.66. The van der Waals surface area contributed by atoms with Gasteiger partial charge in [-0.15, -0.1) is 0 Å². The molecule has 3 aromatic heterocycles. The summed E-state index contributed by atoms with van der Waals surface area (Å²) >= 11 is 0. The number of H-pyrrole nitrogens is 1. The Bertz CT molecular complexity index is 845. The molecule has 0 aliphatic heterocycles. The molecule has 0 aliphatic rings. The Morgan fingerprint density at radius 3 is 3.05 bits per heavy atom. The third kappa shape index (κ3) is 2.45. The molecule has 0 fully saturated rings. The summed E-state index contributed by atoms with van der Waals surface area (Å²) in [5, 5.41) is 4.16. The van der Waals surface area contributed by atoms with E-state index in [1.807, 2.05) is 0 Å². The van der Waals surface area contributed by atoms with Crippen LogP contribution in [0.3, 0.4) is 0 Å². The highest BCUT2D eigenvalue weighted by molar-refractivity contribution is 5.93. The quantitative estimate of drug-likeness (QED) is 0.784. The van der Waals surface area contributed by atoms with E-state index in [9.17, 15) is 9.59 Å². The predicted octanol–water partition coefficient (Wildman–Crippen LogP) is 1.20. The molecule has 7 heteroatoms. The molecule has 108 valence electrons. The van der Waals surface area contributed by atoms with Gasteiger partial charge < -0.3 is 14.3 Å². The standard InChI is InChI=1S/C14H14N4O3/c1-9-7-18-12(13(19)15-9)6-11(16-18)14(20)17(2)8-10-4-3-5-21-10/h3-7H,8H2,1-2H3,(H,15,19). The third-order valence-electron chi connectivity index (χ3n) is 3.13. The topological polar surface area (TPSA) is 83.6 Å². The SMILES string of the molecule is Cc1cn2nc(C(=O)N(C)Cc3ccco3)cc2c(=O)[nH]1. The van der Waals surface area contributed by atoms with Crippen molar-refractivity contribution in [3.05, 3.63) is 58.2 Å². The van der Waals surface area contributed by atoms with E-state index in [0.29, 0.717) is 23.5 Å². The van der Waals surface area contributed by atoms with Crippen LogP contribution in [0.5, 0.6) is 0 Å². The van der Waals surface area contributed by atoms with Gasteiger partial charge in [0.2, 0.25) is 0 Å². The van der Waals surface area contributed by atoms with Gasteiger partial charge in [0.05, 0.1) is 12.8 Å². The van der Waals surface area contributed by atoms with Crippen LogP contribution >= 0.6 is 0 Å². The van der Waals surface area contributed by atoms with Gasteiger partial charge in [-0.25, -0.2) is 4.52 Å². The minimum atomic E-state index is -0.271. The molecular formula is C14H14N4O3. The van der Waals surface area contributed by atoms with Gasteiger partial charge in [0.25, 0.3) is 11.5 Å². The highest BCUT2D eigenvalue weighted by Gasteiger charge is 2.17. The Kier molecular flexibility index (Phi) is 3.09. The average Bonchev–Trinajstić information content (AvgIpc) is 3.06. The Morgan fingerprint density at radius 1 is 1.52 bits per heavy atom. The number of nitrogens with zero attached hydrogens (tertiary/aromatic N) is 3. The third-order valence-corrected chi connectivity index (χ3v) is 3.13. The Morgan fingerprint density at radius 2 is 2.33 bits per heavy atom. The fourth-order valence-corrected chi connectivity index (χ4v) is 2.13. The lowest BCUT2D eigenvalue weighted by Gasteiger charge is -2.13. The first-order chi connectivity index (χ1) is 10.0. The number of carbonyl (C=O) groups excluding carboxylic acids is 1. The maximum Gasteiger partial charge on any atom is 0.274 e. The second-order valence-corrected chi connectivity index (χ2v) is 4.87. The normalized spacial score (nSPS) is 11.0. The number of amides is 1. The minimum absolute atomic E-state index is 0.222. The number of aromatic amines is 1. The van der Waals surface area contributed by atoms with Crippen LogP contribution in [0.2, 0.25) is 0 Å². The van der Waals surface area contributed by atoms with Crippen molar-refractivity contribution in [2.75, 3.05) is 7.05 Å². The molecule has 0 unspecified atom stereocenters. The molecule has 0 radical (unpaired) electrons. The number of aromatic nitrogens is 3. The van der Waals surface area contributed by atoms with Gasteiger partial charge in [-0.2, -0.15) is 5.10 Å². The van der Waals surface area contributed by atoms with Gasteiger partial charge >= 0.3 is 0 Å². The van der Waals surface area contributed by atoms with Crippen molar-refractivity contribution in [3.63, 3.8) is 0 Å². The first-order valence-electron chi connectivity index (χ1n) is 6.42. The first kappa shape index (κ1) is 13.2. The Hall–Kier alpha value is -2.83. The largest absolute Gasteiger partial charge is 0.467 e. The molecule has 0 saturated heterocycles. The van der Waals surface area contributed by atoms with Crippen LogP contribution in [0.1, 0.15) is 21.9 Å². The molecule has 0 aliphatic carbocycles. The average molecular weight is 286 g/mol. The summed E-state index contributed by atoms with van der Waals surface area (Å²) in [5.74, 6) is 0.412. The molecule has 1 amide bonds. The van der Waals surface area contributed by atoms with Crippen LogP contribution in [-0.2, 0) is 6.54 Å². The van der Waals surface area contributed by atoms with Crippen molar-refractivity contribution in [2.45, 2.75) is 13.5 Å². The number of fused-ring (bicyclic) bond motifs is 1. The number of aryl methyl sites for hydroxylation is 1. The summed E-state index contributed by atoms with van der Waals surface area (Å²) < 4.78 is 6.63. The molecule has 0 saturated carbocycles. The molecule has 1 N–H and O–H groups in total. The number of carbonyl (C=O) groups is 1. The van der Waals surface area contributed by atoms with E-state index < -0.39 is 0 Å². The van der Waals surface area contributed by atoms with Crippen molar-refractivity contribution in [3.8, 4) is 0 Å². The van der Waals surface area contributed by atoms with Crippen LogP contribution in [-0.4, -0.2) is 32.5 Å². The zero-order valence-electron chi connectivity index (χ0n) is 11.7. The van der Waals surface area contributed by atoms with Crippen LogP contribution in [0.25, 0.3) is 5.52 Å². The second kappa shape index (κ2) is 4.93. The van der Waals surface area contributed by atoms with Gasteiger partial charge in [-0.1, -0.05) is 0 Å². The van der Waals surface area contributed by atoms with Crippen molar-refractivity contribution >= 4 is 11.4 Å². The lowest BCUT2D eigenvalue weighted by molar-refractivity contribution is 0.0769. The van der Waals surface area contributed by atoms with Crippen molar-refractivity contribution in [2.24, 2.45) is 0 Å². The van der Waals surface area contributed by atoms with E-state index in [0.717, 1.165) is 0 Å². The highest BCUT2D eigenvalue weighted by Crippen LogP contribution is 2.09. The van der Waals surface area contributed by atoms with Crippen LogP contribution in [0.4, 0.5) is 0 Å². The van der Waals surface area contributed by atoms with Crippen molar-refractivity contribution in [1.29, 1.82) is 0 Å². The monoisotopic (exact) mass is 286 g/mol. The van der Waals surface area contributed by atoms with Gasteiger partial charge in [0, 0.05) is 25.0 Å². The minimum Gasteiger partial charge on any atom is -0.467 e. The molecular weight excluding hydrogens is 272 g/mol. The maximum atomic E-state index is 12.3. The van der Waals surface area contributed by atoms with E-state index >= 15 is 0 Å². The lowest BCUT2D eigenvalue weighted by atomic mass is 10.3. The first-order valence-corrected chi connectivity index (χ1v) is 6.42. The number of rotatable bonds is 3. The number of hydrogen-bond acceptors (Lipinski definition) is 4. The summed E-state index contributed by atoms with van der Waals surface area (Å²) in [6.45, 7) is 2.10. The molecule has 7 nitrogen and oxygen atoms in total. The van der Waals surface area contributed by atoms with E-state index in [2.05, 4.69) is 10.1 Å².